The normalized spacial score (nSPS) is 11.2. The maximum atomic E-state index is 13.3. The highest BCUT2D eigenvalue weighted by Crippen LogP contribution is 2.24. The molecule has 0 aliphatic carbocycles. The molecule has 0 fully saturated rings. The summed E-state index contributed by atoms with van der Waals surface area (Å²) in [5.41, 5.74) is 2.27. The Balaban J connectivity index is 1.90. The highest BCUT2D eigenvalue weighted by Gasteiger charge is 2.28. The number of hydrogen-bond donors (Lipinski definition) is 0. The van der Waals surface area contributed by atoms with Crippen molar-refractivity contribution in [3.63, 3.8) is 0 Å². The van der Waals surface area contributed by atoms with Gasteiger partial charge in [-0.15, -0.1) is 0 Å². The Bertz CT molecular complexity index is 1100. The molecule has 3 aromatic carbocycles. The topological polar surface area (TPSA) is 57.7 Å². The Morgan fingerprint density at radius 1 is 0.900 bits per heavy atom. The van der Waals surface area contributed by atoms with Crippen molar-refractivity contribution in [1.82, 2.24) is 4.90 Å². The van der Waals surface area contributed by atoms with E-state index in [2.05, 4.69) is 0 Å². The van der Waals surface area contributed by atoms with Crippen LogP contribution in [0.1, 0.15) is 11.1 Å². The van der Waals surface area contributed by atoms with E-state index in [0.717, 1.165) is 27.6 Å². The largest absolute Gasteiger partial charge is 0.340 e. The minimum atomic E-state index is -4.07. The molecule has 0 aromatic heterocycles. The maximum Gasteiger partial charge on any atom is 0.264 e. The molecule has 1 amide bonds. The fraction of sp³-hybridized carbons (Fsp3) is 0.174. The van der Waals surface area contributed by atoms with Crippen molar-refractivity contribution in [3.8, 4) is 0 Å². The summed E-state index contributed by atoms with van der Waals surface area (Å²) in [5.74, 6) is -0.889. The molecule has 3 aromatic rings. The third-order valence-electron chi connectivity index (χ3n) is 4.69. The van der Waals surface area contributed by atoms with Gasteiger partial charge >= 0.3 is 0 Å². The van der Waals surface area contributed by atoms with Crippen LogP contribution in [0.3, 0.4) is 0 Å². The number of nitrogens with zero attached hydrogens (tertiary/aromatic N) is 2. The molecule has 3 rings (SSSR count). The Labute approximate surface area is 176 Å². The highest BCUT2D eigenvalue weighted by molar-refractivity contribution is 7.92. The lowest BCUT2D eigenvalue weighted by molar-refractivity contribution is -0.128. The number of aryl methyl sites for hydroxylation is 1. The monoisotopic (exact) mass is 426 g/mol. The Morgan fingerprint density at radius 3 is 2.10 bits per heavy atom. The van der Waals surface area contributed by atoms with E-state index >= 15 is 0 Å². The first-order valence-electron chi connectivity index (χ1n) is 9.40. The number of carbonyl (C=O) groups is 1. The first-order chi connectivity index (χ1) is 14.3. The Kier molecular flexibility index (Phi) is 6.52. The zero-order valence-electron chi connectivity index (χ0n) is 16.8. The zero-order valence-corrected chi connectivity index (χ0v) is 17.6. The second-order valence-corrected chi connectivity index (χ2v) is 8.90. The van der Waals surface area contributed by atoms with Crippen LogP contribution in [-0.4, -0.2) is 32.8 Å². The molecule has 0 radical (unpaired) electrons. The first-order valence-corrected chi connectivity index (χ1v) is 10.8. The van der Waals surface area contributed by atoms with Crippen LogP contribution in [0, 0.1) is 12.7 Å². The van der Waals surface area contributed by atoms with Crippen molar-refractivity contribution >= 4 is 21.6 Å². The van der Waals surface area contributed by atoms with Crippen molar-refractivity contribution in [2.45, 2.75) is 18.4 Å². The van der Waals surface area contributed by atoms with Crippen LogP contribution in [0.4, 0.5) is 10.1 Å². The van der Waals surface area contributed by atoms with Gasteiger partial charge < -0.3 is 4.90 Å². The van der Waals surface area contributed by atoms with E-state index in [-0.39, 0.29) is 17.3 Å². The molecule has 0 aliphatic heterocycles. The van der Waals surface area contributed by atoms with Gasteiger partial charge in [0.25, 0.3) is 10.0 Å². The van der Waals surface area contributed by atoms with Gasteiger partial charge in [-0.2, -0.15) is 0 Å². The fourth-order valence-electron chi connectivity index (χ4n) is 2.95. The number of rotatable bonds is 7. The van der Waals surface area contributed by atoms with Gasteiger partial charge in [0, 0.05) is 13.6 Å². The molecule has 5 nitrogen and oxygen atoms in total. The molecule has 0 atom stereocenters. The van der Waals surface area contributed by atoms with Crippen molar-refractivity contribution in [2.75, 3.05) is 17.9 Å². The minimum absolute atomic E-state index is 0.0806. The van der Waals surface area contributed by atoms with E-state index in [9.17, 15) is 17.6 Å². The number of anilines is 1. The molecule has 0 heterocycles. The fourth-order valence-corrected chi connectivity index (χ4v) is 4.36. The summed E-state index contributed by atoms with van der Waals surface area (Å²) >= 11 is 0. The van der Waals surface area contributed by atoms with Crippen LogP contribution in [0.25, 0.3) is 0 Å². The molecule has 0 unspecified atom stereocenters. The van der Waals surface area contributed by atoms with Gasteiger partial charge in [0.15, 0.2) is 0 Å². The molecule has 0 spiro atoms. The third-order valence-corrected chi connectivity index (χ3v) is 6.48. The predicted octanol–water partition coefficient (Wildman–Crippen LogP) is 3.99. The molecular formula is C23H23FN2O3S. The first kappa shape index (κ1) is 21.5. The second-order valence-electron chi connectivity index (χ2n) is 7.04. The molecule has 156 valence electrons. The van der Waals surface area contributed by atoms with E-state index in [1.54, 1.807) is 31.3 Å². The molecule has 30 heavy (non-hydrogen) atoms. The molecule has 0 bridgehead atoms. The summed E-state index contributed by atoms with van der Waals surface area (Å²) in [4.78, 5) is 14.3. The standard InChI is InChI=1S/C23H23FN2O3S/c1-18-8-12-21(13-9-18)26(30(28,29)22-14-10-20(24)11-15-22)17-23(27)25(2)16-19-6-4-3-5-7-19/h3-15H,16-17H2,1-2H3. The van der Waals surface area contributed by atoms with Crippen molar-refractivity contribution in [3.05, 3.63) is 95.8 Å². The minimum Gasteiger partial charge on any atom is -0.340 e. The quantitative estimate of drug-likeness (QED) is 0.574. The third kappa shape index (κ3) is 5.04. The lowest BCUT2D eigenvalue weighted by Gasteiger charge is -2.27. The van der Waals surface area contributed by atoms with E-state index in [1.807, 2.05) is 37.3 Å². The molecular weight excluding hydrogens is 403 g/mol. The van der Waals surface area contributed by atoms with Crippen molar-refractivity contribution < 1.29 is 17.6 Å². The smallest absolute Gasteiger partial charge is 0.264 e. The predicted molar refractivity (Wildman–Crippen MR) is 115 cm³/mol. The zero-order chi connectivity index (χ0) is 21.7. The van der Waals surface area contributed by atoms with Gasteiger partial charge in [0.1, 0.15) is 12.4 Å². The van der Waals surface area contributed by atoms with Crippen molar-refractivity contribution in [2.24, 2.45) is 0 Å². The summed E-state index contributed by atoms with van der Waals surface area (Å²) < 4.78 is 40.9. The van der Waals surface area contributed by atoms with Crippen LogP contribution < -0.4 is 4.31 Å². The number of amides is 1. The summed E-state index contributed by atoms with van der Waals surface area (Å²) in [6, 6.07) is 20.9. The van der Waals surface area contributed by atoms with Crippen LogP contribution >= 0.6 is 0 Å². The summed E-state index contributed by atoms with van der Waals surface area (Å²) in [6.07, 6.45) is 0. The molecule has 0 saturated carbocycles. The molecule has 0 saturated heterocycles. The SMILES string of the molecule is Cc1ccc(N(CC(=O)N(C)Cc2ccccc2)S(=O)(=O)c2ccc(F)cc2)cc1. The van der Waals surface area contributed by atoms with Crippen LogP contribution in [0.2, 0.25) is 0 Å². The maximum absolute atomic E-state index is 13.3. The van der Waals surface area contributed by atoms with E-state index < -0.39 is 15.8 Å². The lowest BCUT2D eigenvalue weighted by Crippen LogP contribution is -2.41. The van der Waals surface area contributed by atoms with Gasteiger partial charge in [0.05, 0.1) is 10.6 Å². The lowest BCUT2D eigenvalue weighted by atomic mass is 10.2. The number of halogens is 1. The van der Waals surface area contributed by atoms with Gasteiger partial charge in [-0.3, -0.25) is 9.10 Å². The summed E-state index contributed by atoms with van der Waals surface area (Å²) in [5, 5.41) is 0. The van der Waals surface area contributed by atoms with Gasteiger partial charge in [-0.1, -0.05) is 48.0 Å². The Hall–Kier alpha value is -3.19. The summed E-state index contributed by atoms with van der Waals surface area (Å²) in [7, 11) is -2.43. The molecule has 7 heteroatoms. The molecule has 0 N–H and O–H groups in total. The average Bonchev–Trinajstić information content (AvgIpc) is 2.73. The molecule has 0 aliphatic rings. The van der Waals surface area contributed by atoms with Crippen LogP contribution in [-0.2, 0) is 21.4 Å². The van der Waals surface area contributed by atoms with Crippen LogP contribution in [0.5, 0.6) is 0 Å². The number of benzene rings is 3. The summed E-state index contributed by atoms with van der Waals surface area (Å²) in [6.45, 7) is 1.88. The average molecular weight is 427 g/mol. The second kappa shape index (κ2) is 9.09. The Morgan fingerprint density at radius 2 is 1.50 bits per heavy atom. The van der Waals surface area contributed by atoms with Gasteiger partial charge in [-0.25, -0.2) is 12.8 Å². The van der Waals surface area contributed by atoms with Crippen molar-refractivity contribution in [1.29, 1.82) is 0 Å². The number of hydrogen-bond acceptors (Lipinski definition) is 3. The number of likely N-dealkylation sites (N-methyl/N-ethyl adjacent to an activating group) is 1. The number of carbonyl (C=O) groups excluding carboxylic acids is 1. The van der Waals surface area contributed by atoms with Crippen LogP contribution in [0.15, 0.2) is 83.8 Å². The highest BCUT2D eigenvalue weighted by atomic mass is 32.2. The van der Waals surface area contributed by atoms with E-state index in [1.165, 1.54) is 17.0 Å². The van der Waals surface area contributed by atoms with E-state index in [4.69, 9.17) is 0 Å². The van der Waals surface area contributed by atoms with Gasteiger partial charge in [0.2, 0.25) is 5.91 Å². The van der Waals surface area contributed by atoms with Gasteiger partial charge in [-0.05, 0) is 48.9 Å². The van der Waals surface area contributed by atoms with E-state index in [0.29, 0.717) is 12.2 Å². The number of sulfonamides is 1.